The Balaban J connectivity index is 2.93. The van der Waals surface area contributed by atoms with Crippen LogP contribution in [0.5, 0.6) is 0 Å². The van der Waals surface area contributed by atoms with Crippen LogP contribution >= 0.6 is 0 Å². The first-order chi connectivity index (χ1) is 7.31. The van der Waals surface area contributed by atoms with Crippen LogP contribution in [0.15, 0.2) is 33.8 Å². The molecule has 0 heterocycles. The van der Waals surface area contributed by atoms with Crippen molar-refractivity contribution in [3.8, 4) is 0 Å². The maximum atomic E-state index is 4.74. The molecule has 0 N–H and O–H groups in total. The topological polar surface area (TPSA) is 12.4 Å². The number of benzene rings is 1. The molecule has 0 fully saturated rings. The van der Waals surface area contributed by atoms with E-state index in [9.17, 15) is 0 Å². The van der Waals surface area contributed by atoms with E-state index in [0.29, 0.717) is 0 Å². The van der Waals surface area contributed by atoms with E-state index < -0.39 is 0 Å². The molecule has 1 rings (SSSR count). The van der Waals surface area contributed by atoms with Crippen molar-refractivity contribution < 1.29 is 17.9 Å². The summed E-state index contributed by atoms with van der Waals surface area (Å²) in [6, 6.07) is 10.7. The number of hydrogen-bond acceptors (Lipinski definition) is 1. The van der Waals surface area contributed by atoms with Crippen LogP contribution in [0.4, 0.5) is 0 Å². The van der Waals surface area contributed by atoms with Gasteiger partial charge < -0.3 is 0 Å². The summed E-state index contributed by atoms with van der Waals surface area (Å²) in [4.78, 5) is 0. The predicted octanol–water partition coefficient (Wildman–Crippen LogP) is 3.83. The van der Waals surface area contributed by atoms with E-state index in [1.54, 1.807) is 0 Å². The zero-order valence-corrected chi connectivity index (χ0v) is 12.8. The Labute approximate surface area is 107 Å². The van der Waals surface area contributed by atoms with E-state index in [1.165, 1.54) is 5.56 Å². The monoisotopic (exact) mass is 301 g/mol. The summed E-state index contributed by atoms with van der Waals surface area (Å²) in [7, 11) is 0. The van der Waals surface area contributed by atoms with Crippen LogP contribution in [-0.2, 0) is 23.3 Å². The molecule has 0 aliphatic rings. The summed E-state index contributed by atoms with van der Waals surface area (Å²) in [5.41, 5.74) is 1.65. The van der Waals surface area contributed by atoms with E-state index in [1.807, 2.05) is 0 Å². The van der Waals surface area contributed by atoms with Gasteiger partial charge in [0.1, 0.15) is 0 Å². The van der Waals surface area contributed by atoms with Gasteiger partial charge in [-0.1, -0.05) is 0 Å². The zero-order valence-electron chi connectivity index (χ0n) is 10.8. The van der Waals surface area contributed by atoms with E-state index >= 15 is 0 Å². The van der Waals surface area contributed by atoms with Crippen molar-refractivity contribution in [2.75, 3.05) is 0 Å². The molecule has 86 valence electrons. The Bertz CT molecular complexity index is 392. The van der Waals surface area contributed by atoms with E-state index in [0.717, 1.165) is 0 Å². The van der Waals surface area contributed by atoms with Crippen molar-refractivity contribution in [2.24, 2.45) is 3.50 Å². The Kier molecular flexibility index (Phi) is 4.50. The summed E-state index contributed by atoms with van der Waals surface area (Å²) in [5, 5.41) is 0. The quantitative estimate of drug-likeness (QED) is 0.736. The van der Waals surface area contributed by atoms with Gasteiger partial charge in [-0.15, -0.1) is 0 Å². The molecule has 2 heteroatoms. The van der Waals surface area contributed by atoms with Gasteiger partial charge in [-0.05, 0) is 0 Å². The molecule has 1 aromatic carbocycles. The first kappa shape index (κ1) is 13.6. The first-order valence-corrected chi connectivity index (χ1v) is 7.65. The van der Waals surface area contributed by atoms with Gasteiger partial charge in [-0.3, -0.25) is 0 Å². The number of hydrogen-bond donors (Lipinski definition) is 0. The molecule has 0 aliphatic heterocycles. The molecule has 0 aromatic heterocycles. The van der Waals surface area contributed by atoms with Crippen molar-refractivity contribution in [3.05, 3.63) is 35.9 Å². The normalized spacial score (nSPS) is 11.8. The molecule has 1 nitrogen and oxygen atoms in total. The molecule has 1 aromatic rings. The van der Waals surface area contributed by atoms with Crippen molar-refractivity contribution in [1.82, 2.24) is 0 Å². The minimum atomic E-state index is -0.361. The fourth-order valence-electron chi connectivity index (χ4n) is 1.25. The standard InChI is InChI=1S/C10H12.C4H9N.Mo/c1-10(2,3)9-7-5-4-6-8-9;1-4(2,3)5;/h1,4-8H,2-3H3;1-3H3;/q;;+2. The summed E-state index contributed by atoms with van der Waals surface area (Å²) < 4.78 is 7.16. The van der Waals surface area contributed by atoms with E-state index in [4.69, 9.17) is 3.50 Å². The van der Waals surface area contributed by atoms with Gasteiger partial charge in [0.2, 0.25) is 0 Å². The van der Waals surface area contributed by atoms with Crippen LogP contribution in [-0.4, -0.2) is 9.94 Å². The SMILES string of the molecule is CC(C)(C)[N]=[Mo+2]=[CH]C(C)(C)c1ccccc1. The molecule has 0 amide bonds. The van der Waals surface area contributed by atoms with Gasteiger partial charge in [-0.2, -0.15) is 0 Å². The molecule has 0 radical (unpaired) electrons. The second kappa shape index (κ2) is 5.27. The third-order valence-electron chi connectivity index (χ3n) is 2.19. The molecule has 0 spiro atoms. The summed E-state index contributed by atoms with van der Waals surface area (Å²) >= 11 is -0.361. The van der Waals surface area contributed by atoms with Gasteiger partial charge in [0, 0.05) is 0 Å². The van der Waals surface area contributed by atoms with Crippen molar-refractivity contribution in [3.63, 3.8) is 0 Å². The average Bonchev–Trinajstić information content (AvgIpc) is 2.17. The molecule has 0 atom stereocenters. The van der Waals surface area contributed by atoms with Crippen LogP contribution in [0.1, 0.15) is 40.2 Å². The Morgan fingerprint density at radius 1 is 1.00 bits per heavy atom. The van der Waals surface area contributed by atoms with Crippen molar-refractivity contribution >= 4 is 4.40 Å². The third-order valence-corrected chi connectivity index (χ3v) is 5.50. The van der Waals surface area contributed by atoms with Gasteiger partial charge in [0.05, 0.1) is 0 Å². The van der Waals surface area contributed by atoms with Crippen LogP contribution in [0.25, 0.3) is 0 Å². The fraction of sp³-hybridized carbons (Fsp3) is 0.500. The van der Waals surface area contributed by atoms with Gasteiger partial charge >= 0.3 is 107 Å². The molecule has 0 unspecified atom stereocenters. The molecule has 0 saturated carbocycles. The Hall–Kier alpha value is -0.422. The van der Waals surface area contributed by atoms with Crippen LogP contribution in [0, 0.1) is 0 Å². The third kappa shape index (κ3) is 4.61. The van der Waals surface area contributed by atoms with E-state index in [2.05, 4.69) is 69.4 Å². The van der Waals surface area contributed by atoms with Crippen LogP contribution < -0.4 is 0 Å². The summed E-state index contributed by atoms with van der Waals surface area (Å²) in [6.07, 6.45) is 0. The Morgan fingerprint density at radius 3 is 2.06 bits per heavy atom. The molecule has 0 aliphatic carbocycles. The predicted molar refractivity (Wildman–Crippen MR) is 67.7 cm³/mol. The fourth-order valence-corrected chi connectivity index (χ4v) is 3.14. The molecular formula is C14H21MoN+2. The van der Waals surface area contributed by atoms with Gasteiger partial charge in [-0.25, -0.2) is 0 Å². The number of nitrogens with zero attached hydrogens (tertiary/aromatic N) is 1. The number of rotatable bonds is 2. The van der Waals surface area contributed by atoms with Gasteiger partial charge in [0.25, 0.3) is 0 Å². The van der Waals surface area contributed by atoms with Crippen LogP contribution in [0.2, 0.25) is 0 Å². The molecule has 0 bridgehead atoms. The van der Waals surface area contributed by atoms with E-state index in [-0.39, 0.29) is 28.9 Å². The maximum absolute atomic E-state index is 4.74. The summed E-state index contributed by atoms with van der Waals surface area (Å²) in [5.74, 6) is 0. The van der Waals surface area contributed by atoms with Crippen molar-refractivity contribution in [2.45, 2.75) is 45.6 Å². The van der Waals surface area contributed by atoms with Gasteiger partial charge in [0.15, 0.2) is 0 Å². The Morgan fingerprint density at radius 2 is 1.56 bits per heavy atom. The second-order valence-corrected chi connectivity index (χ2v) is 7.12. The zero-order chi connectivity index (χ0) is 12.2. The molecule has 16 heavy (non-hydrogen) atoms. The molecular weight excluding hydrogens is 278 g/mol. The minimum absolute atomic E-state index is 0.117. The summed E-state index contributed by atoms with van der Waals surface area (Å²) in [6.45, 7) is 11.0. The van der Waals surface area contributed by atoms with Crippen molar-refractivity contribution in [1.29, 1.82) is 0 Å². The average molecular weight is 299 g/mol. The van der Waals surface area contributed by atoms with Crippen LogP contribution in [0.3, 0.4) is 0 Å². The first-order valence-electron chi connectivity index (χ1n) is 5.59. The molecule has 0 saturated heterocycles. The second-order valence-electron chi connectivity index (χ2n) is 5.57.